The molecule has 0 amide bonds. The van der Waals surface area contributed by atoms with Crippen LogP contribution in [0.15, 0.2) is 6.20 Å². The maximum Gasteiger partial charge on any atom is 0.107 e. The first-order valence-corrected chi connectivity index (χ1v) is 5.69. The number of aromatic nitrogens is 2. The number of rotatable bonds is 5. The number of halogens is 1. The molecule has 0 aliphatic carbocycles. The smallest absolute Gasteiger partial charge is 0.107 e. The van der Waals surface area contributed by atoms with E-state index in [9.17, 15) is 0 Å². The predicted octanol–water partition coefficient (Wildman–Crippen LogP) is 3.29. The highest BCUT2D eigenvalue weighted by Crippen LogP contribution is 2.17. The summed E-state index contributed by atoms with van der Waals surface area (Å²) in [6.45, 7) is 9.62. The molecular formula is C11H19ClN2O. The van der Waals surface area contributed by atoms with Crippen molar-refractivity contribution in [2.45, 2.75) is 40.3 Å². The Hall–Kier alpha value is -0.540. The molecule has 3 nitrogen and oxygen atoms in total. The fourth-order valence-electron chi connectivity index (χ4n) is 1.16. The maximum absolute atomic E-state index is 6.04. The zero-order valence-electron chi connectivity index (χ0n) is 9.83. The lowest BCUT2D eigenvalue weighted by molar-refractivity contribution is 0.0943. The van der Waals surface area contributed by atoms with Gasteiger partial charge in [0, 0.05) is 18.8 Å². The quantitative estimate of drug-likeness (QED) is 0.776. The van der Waals surface area contributed by atoms with Gasteiger partial charge in [-0.1, -0.05) is 25.4 Å². The third-order valence-electron chi connectivity index (χ3n) is 1.98. The van der Waals surface area contributed by atoms with Gasteiger partial charge >= 0.3 is 0 Å². The van der Waals surface area contributed by atoms with E-state index in [1.165, 1.54) is 0 Å². The summed E-state index contributed by atoms with van der Waals surface area (Å²) in [5.41, 5.74) is 0.825. The van der Waals surface area contributed by atoms with Crippen molar-refractivity contribution in [3.8, 4) is 0 Å². The first-order chi connectivity index (χ1) is 7.00. The van der Waals surface area contributed by atoms with Crippen LogP contribution >= 0.6 is 11.6 Å². The van der Waals surface area contributed by atoms with Gasteiger partial charge in [0.1, 0.15) is 5.69 Å². The van der Waals surface area contributed by atoms with Crippen LogP contribution in [0.2, 0.25) is 5.02 Å². The van der Waals surface area contributed by atoms with Gasteiger partial charge in [0.05, 0.1) is 11.6 Å². The lowest BCUT2D eigenvalue weighted by Crippen LogP contribution is -2.05. The van der Waals surface area contributed by atoms with Gasteiger partial charge < -0.3 is 4.74 Å². The Balaban J connectivity index is 2.53. The van der Waals surface area contributed by atoms with Gasteiger partial charge in [-0.15, -0.1) is 0 Å². The van der Waals surface area contributed by atoms with Gasteiger partial charge in [0.2, 0.25) is 0 Å². The summed E-state index contributed by atoms with van der Waals surface area (Å²) in [7, 11) is 0. The van der Waals surface area contributed by atoms with Crippen LogP contribution in [0.1, 0.15) is 39.4 Å². The fourth-order valence-corrected chi connectivity index (χ4v) is 1.35. The van der Waals surface area contributed by atoms with Gasteiger partial charge in [-0.25, -0.2) is 0 Å². The van der Waals surface area contributed by atoms with E-state index in [1.807, 2.05) is 10.9 Å². The third kappa shape index (κ3) is 3.84. The molecule has 0 aliphatic rings. The molecule has 0 saturated heterocycles. The first kappa shape index (κ1) is 12.5. The Labute approximate surface area is 96.4 Å². The molecule has 0 aliphatic heterocycles. The van der Waals surface area contributed by atoms with Gasteiger partial charge in [0.15, 0.2) is 0 Å². The van der Waals surface area contributed by atoms with Gasteiger partial charge in [-0.2, -0.15) is 5.10 Å². The molecule has 86 valence electrons. The second kappa shape index (κ2) is 5.52. The zero-order chi connectivity index (χ0) is 11.4. The minimum absolute atomic E-state index is 0.335. The number of ether oxygens (including phenoxy) is 1. The predicted molar refractivity (Wildman–Crippen MR) is 62.1 cm³/mol. The number of hydrogen-bond donors (Lipinski definition) is 0. The largest absolute Gasteiger partial charge is 0.375 e. The lowest BCUT2D eigenvalue weighted by atomic mass is 10.2. The molecule has 0 bridgehead atoms. The van der Waals surface area contributed by atoms with Crippen molar-refractivity contribution < 1.29 is 4.74 Å². The Morgan fingerprint density at radius 2 is 2.07 bits per heavy atom. The van der Waals surface area contributed by atoms with E-state index in [0.29, 0.717) is 23.6 Å². The SMILES string of the molecule is CC(C)COCc1nn(C(C)C)cc1Cl. The average Bonchev–Trinajstić information content (AvgIpc) is 2.47. The highest BCUT2D eigenvalue weighted by atomic mass is 35.5. The third-order valence-corrected chi connectivity index (χ3v) is 2.29. The van der Waals surface area contributed by atoms with Crippen molar-refractivity contribution in [1.82, 2.24) is 9.78 Å². The first-order valence-electron chi connectivity index (χ1n) is 5.32. The topological polar surface area (TPSA) is 27.1 Å². The monoisotopic (exact) mass is 230 g/mol. The fraction of sp³-hybridized carbons (Fsp3) is 0.727. The molecule has 1 aromatic heterocycles. The Morgan fingerprint density at radius 1 is 1.40 bits per heavy atom. The second-order valence-corrected chi connectivity index (χ2v) is 4.81. The summed E-state index contributed by atoms with van der Waals surface area (Å²) in [4.78, 5) is 0. The minimum atomic E-state index is 0.335. The molecule has 0 radical (unpaired) electrons. The summed E-state index contributed by atoms with van der Waals surface area (Å²) in [6.07, 6.45) is 1.85. The molecule has 0 atom stereocenters. The minimum Gasteiger partial charge on any atom is -0.375 e. The molecule has 0 N–H and O–H groups in total. The molecular weight excluding hydrogens is 212 g/mol. The molecule has 4 heteroatoms. The van der Waals surface area contributed by atoms with Crippen LogP contribution in [0, 0.1) is 5.92 Å². The van der Waals surface area contributed by atoms with Crippen LogP contribution in [-0.2, 0) is 11.3 Å². The number of nitrogens with zero attached hydrogens (tertiary/aromatic N) is 2. The van der Waals surface area contributed by atoms with Gasteiger partial charge in [0.25, 0.3) is 0 Å². The molecule has 1 rings (SSSR count). The Bertz CT molecular complexity index is 308. The van der Waals surface area contributed by atoms with Crippen molar-refractivity contribution >= 4 is 11.6 Å². The average molecular weight is 231 g/mol. The van der Waals surface area contributed by atoms with E-state index in [-0.39, 0.29) is 0 Å². The summed E-state index contributed by atoms with van der Waals surface area (Å²) in [5.74, 6) is 0.538. The van der Waals surface area contributed by atoms with E-state index in [1.54, 1.807) is 0 Å². The lowest BCUT2D eigenvalue weighted by Gasteiger charge is -2.05. The molecule has 0 saturated carbocycles. The van der Waals surface area contributed by atoms with E-state index in [0.717, 1.165) is 12.3 Å². The Morgan fingerprint density at radius 3 is 2.53 bits per heavy atom. The molecule has 0 spiro atoms. The molecule has 0 aromatic carbocycles. The van der Waals surface area contributed by atoms with Crippen LogP contribution in [0.25, 0.3) is 0 Å². The van der Waals surface area contributed by atoms with Crippen LogP contribution < -0.4 is 0 Å². The van der Waals surface area contributed by atoms with Crippen molar-refractivity contribution in [2.24, 2.45) is 5.92 Å². The zero-order valence-corrected chi connectivity index (χ0v) is 10.6. The molecule has 15 heavy (non-hydrogen) atoms. The van der Waals surface area contributed by atoms with Gasteiger partial charge in [-0.3, -0.25) is 4.68 Å². The van der Waals surface area contributed by atoms with Crippen LogP contribution in [0.4, 0.5) is 0 Å². The summed E-state index contributed by atoms with van der Waals surface area (Å²) < 4.78 is 7.35. The van der Waals surface area contributed by atoms with E-state index >= 15 is 0 Å². The maximum atomic E-state index is 6.04. The van der Waals surface area contributed by atoms with Crippen LogP contribution in [-0.4, -0.2) is 16.4 Å². The van der Waals surface area contributed by atoms with Crippen molar-refractivity contribution in [3.63, 3.8) is 0 Å². The summed E-state index contributed by atoms with van der Waals surface area (Å²) >= 11 is 6.04. The summed E-state index contributed by atoms with van der Waals surface area (Å²) in [5, 5.41) is 5.05. The Kier molecular flexibility index (Phi) is 4.61. The second-order valence-electron chi connectivity index (χ2n) is 4.41. The molecule has 0 fully saturated rings. The van der Waals surface area contributed by atoms with Crippen molar-refractivity contribution in [2.75, 3.05) is 6.61 Å². The van der Waals surface area contributed by atoms with Crippen LogP contribution in [0.3, 0.4) is 0 Å². The number of hydrogen-bond acceptors (Lipinski definition) is 2. The van der Waals surface area contributed by atoms with Crippen molar-refractivity contribution in [3.05, 3.63) is 16.9 Å². The van der Waals surface area contributed by atoms with Crippen LogP contribution in [0.5, 0.6) is 0 Å². The normalized spacial score (nSPS) is 11.7. The van der Waals surface area contributed by atoms with Gasteiger partial charge in [-0.05, 0) is 19.8 Å². The highest BCUT2D eigenvalue weighted by molar-refractivity contribution is 6.31. The van der Waals surface area contributed by atoms with E-state index in [2.05, 4.69) is 32.8 Å². The molecule has 1 heterocycles. The van der Waals surface area contributed by atoms with Crippen molar-refractivity contribution in [1.29, 1.82) is 0 Å². The van der Waals surface area contributed by atoms with E-state index in [4.69, 9.17) is 16.3 Å². The summed E-state index contributed by atoms with van der Waals surface area (Å²) in [6, 6.07) is 0.335. The molecule has 1 aromatic rings. The standard InChI is InChI=1S/C11H19ClN2O/c1-8(2)6-15-7-11-10(12)5-14(13-11)9(3)4/h5,8-9H,6-7H2,1-4H3. The molecule has 0 unspecified atom stereocenters. The highest BCUT2D eigenvalue weighted by Gasteiger charge is 2.09. The van der Waals surface area contributed by atoms with E-state index < -0.39 is 0 Å².